The monoisotopic (exact) mass is 214 g/mol. The first-order chi connectivity index (χ1) is 7.70. The van der Waals surface area contributed by atoms with Crippen molar-refractivity contribution >= 4 is 16.9 Å². The summed E-state index contributed by atoms with van der Waals surface area (Å²) in [5.74, 6) is 4.84. The topological polar surface area (TPSA) is 39.4 Å². The first-order valence-corrected chi connectivity index (χ1v) is 4.80. The number of hydrogen-bond acceptors (Lipinski definition) is 3. The minimum Gasteiger partial charge on any atom is -0.459 e. The van der Waals surface area contributed by atoms with Crippen LogP contribution in [0.25, 0.3) is 11.0 Å². The summed E-state index contributed by atoms with van der Waals surface area (Å²) in [6, 6.07) is 7.65. The number of rotatable bonds is 0. The predicted octanol–water partition coefficient (Wildman–Crippen LogP) is 2.27. The number of furan rings is 1. The number of fused-ring (bicyclic) bond motifs is 1. The van der Waals surface area contributed by atoms with E-state index >= 15 is 0 Å². The van der Waals surface area contributed by atoms with Crippen molar-refractivity contribution in [1.82, 2.24) is 0 Å². The Morgan fingerprint density at radius 3 is 2.94 bits per heavy atom. The van der Waals surface area contributed by atoms with Gasteiger partial charge in [-0.25, -0.2) is 4.79 Å². The third-order valence-electron chi connectivity index (χ3n) is 2.21. The summed E-state index contributed by atoms with van der Waals surface area (Å²) >= 11 is 0. The molecule has 0 saturated carbocycles. The third kappa shape index (κ3) is 1.91. The van der Waals surface area contributed by atoms with Crippen LogP contribution in [0.15, 0.2) is 28.7 Å². The number of carbonyl (C=O) groups excluding carboxylic acids is 1. The van der Waals surface area contributed by atoms with Crippen LogP contribution in [0.5, 0.6) is 0 Å². The molecule has 2 aromatic rings. The van der Waals surface area contributed by atoms with Gasteiger partial charge < -0.3 is 9.15 Å². The van der Waals surface area contributed by atoms with E-state index in [1.165, 1.54) is 7.11 Å². The van der Waals surface area contributed by atoms with Crippen molar-refractivity contribution in [3.8, 4) is 11.8 Å². The molecule has 0 spiro atoms. The van der Waals surface area contributed by atoms with Gasteiger partial charge in [-0.05, 0) is 18.4 Å². The second-order valence-corrected chi connectivity index (χ2v) is 3.35. The van der Waals surface area contributed by atoms with Crippen molar-refractivity contribution in [2.45, 2.75) is 6.92 Å². The zero-order chi connectivity index (χ0) is 11.5. The van der Waals surface area contributed by atoms with Gasteiger partial charge >= 0.3 is 5.97 Å². The first kappa shape index (κ1) is 10.3. The predicted molar refractivity (Wildman–Crippen MR) is 59.8 cm³/mol. The van der Waals surface area contributed by atoms with Crippen molar-refractivity contribution in [2.75, 3.05) is 7.11 Å². The molecule has 80 valence electrons. The maximum Gasteiger partial charge on any atom is 0.384 e. The van der Waals surface area contributed by atoms with Gasteiger partial charge in [-0.1, -0.05) is 18.2 Å². The molecule has 3 heteroatoms. The molecule has 0 atom stereocenters. The SMILES string of the molecule is COC(=O)C#Cc1cc2cccc(C)c2o1. The lowest BCUT2D eigenvalue weighted by Crippen LogP contribution is -1.94. The van der Waals surface area contributed by atoms with E-state index < -0.39 is 5.97 Å². The maximum atomic E-state index is 10.8. The van der Waals surface area contributed by atoms with Crippen LogP contribution in [0.2, 0.25) is 0 Å². The number of methoxy groups -OCH3 is 1. The molecule has 0 aliphatic heterocycles. The van der Waals surface area contributed by atoms with Crippen LogP contribution < -0.4 is 0 Å². The third-order valence-corrected chi connectivity index (χ3v) is 2.21. The Hall–Kier alpha value is -2.21. The molecule has 1 aromatic carbocycles. The molecular formula is C13H10O3. The Labute approximate surface area is 93.0 Å². The van der Waals surface area contributed by atoms with Gasteiger partial charge in [-0.2, -0.15) is 0 Å². The summed E-state index contributed by atoms with van der Waals surface area (Å²) in [5.41, 5.74) is 1.85. The zero-order valence-electron chi connectivity index (χ0n) is 9.03. The number of benzene rings is 1. The van der Waals surface area contributed by atoms with Gasteiger partial charge in [0.05, 0.1) is 7.11 Å². The number of ether oxygens (including phenoxy) is 1. The van der Waals surface area contributed by atoms with E-state index in [-0.39, 0.29) is 0 Å². The summed E-state index contributed by atoms with van der Waals surface area (Å²) in [7, 11) is 1.29. The fraction of sp³-hybridized carbons (Fsp3) is 0.154. The van der Waals surface area contributed by atoms with Crippen molar-refractivity contribution in [2.24, 2.45) is 0 Å². The van der Waals surface area contributed by atoms with Gasteiger partial charge in [-0.15, -0.1) is 0 Å². The quantitative estimate of drug-likeness (QED) is 0.499. The molecule has 0 fully saturated rings. The molecule has 0 amide bonds. The summed E-state index contributed by atoms with van der Waals surface area (Å²) in [5, 5.41) is 0.981. The molecule has 16 heavy (non-hydrogen) atoms. The average molecular weight is 214 g/mol. The normalized spacial score (nSPS) is 9.62. The highest BCUT2D eigenvalue weighted by atomic mass is 16.5. The Kier molecular flexibility index (Phi) is 2.65. The molecule has 0 aliphatic rings. The number of hydrogen-bond donors (Lipinski definition) is 0. The molecule has 0 aliphatic carbocycles. The van der Waals surface area contributed by atoms with E-state index in [1.54, 1.807) is 6.07 Å². The molecule has 0 saturated heterocycles. The second kappa shape index (κ2) is 4.11. The van der Waals surface area contributed by atoms with Crippen molar-refractivity contribution in [1.29, 1.82) is 0 Å². The van der Waals surface area contributed by atoms with E-state index in [2.05, 4.69) is 16.6 Å². The Morgan fingerprint density at radius 1 is 1.44 bits per heavy atom. The second-order valence-electron chi connectivity index (χ2n) is 3.35. The van der Waals surface area contributed by atoms with E-state index in [0.29, 0.717) is 5.76 Å². The van der Waals surface area contributed by atoms with Gasteiger partial charge in [-0.3, -0.25) is 0 Å². The maximum absolute atomic E-state index is 10.8. The molecule has 3 nitrogen and oxygen atoms in total. The van der Waals surface area contributed by atoms with Crippen LogP contribution in [-0.4, -0.2) is 13.1 Å². The molecule has 0 radical (unpaired) electrons. The van der Waals surface area contributed by atoms with Gasteiger partial charge in [0.15, 0.2) is 5.76 Å². The number of aryl methyl sites for hydroxylation is 1. The lowest BCUT2D eigenvalue weighted by atomic mass is 10.2. The smallest absolute Gasteiger partial charge is 0.384 e. The van der Waals surface area contributed by atoms with Crippen molar-refractivity contribution < 1.29 is 13.9 Å². The van der Waals surface area contributed by atoms with Crippen LogP contribution >= 0.6 is 0 Å². The highest BCUT2D eigenvalue weighted by molar-refractivity contribution is 5.89. The molecule has 0 N–H and O–H groups in total. The highest BCUT2D eigenvalue weighted by Gasteiger charge is 2.03. The molecular weight excluding hydrogens is 204 g/mol. The minimum absolute atomic E-state index is 0.467. The minimum atomic E-state index is -0.572. The lowest BCUT2D eigenvalue weighted by Gasteiger charge is -1.90. The fourth-order valence-corrected chi connectivity index (χ4v) is 1.43. The zero-order valence-corrected chi connectivity index (χ0v) is 9.03. The molecule has 1 heterocycles. The van der Waals surface area contributed by atoms with Gasteiger partial charge in [0.2, 0.25) is 0 Å². The van der Waals surface area contributed by atoms with Crippen molar-refractivity contribution in [3.05, 3.63) is 35.6 Å². The standard InChI is InChI=1S/C13H10O3/c1-9-4-3-5-10-8-11(16-13(9)10)6-7-12(14)15-2/h3-5,8H,1-2H3. The largest absolute Gasteiger partial charge is 0.459 e. The van der Waals surface area contributed by atoms with Crippen LogP contribution in [0.1, 0.15) is 11.3 Å². The van der Waals surface area contributed by atoms with Gasteiger partial charge in [0.25, 0.3) is 0 Å². The molecule has 1 aromatic heterocycles. The summed E-state index contributed by atoms with van der Waals surface area (Å²) in [6.45, 7) is 1.96. The van der Waals surface area contributed by atoms with Crippen LogP contribution in [0.4, 0.5) is 0 Å². The van der Waals surface area contributed by atoms with Gasteiger partial charge in [0, 0.05) is 17.4 Å². The van der Waals surface area contributed by atoms with Gasteiger partial charge in [0.1, 0.15) is 5.58 Å². The van der Waals surface area contributed by atoms with E-state index in [9.17, 15) is 4.79 Å². The number of carbonyl (C=O) groups is 1. The lowest BCUT2D eigenvalue weighted by molar-refractivity contribution is -0.133. The highest BCUT2D eigenvalue weighted by Crippen LogP contribution is 2.21. The van der Waals surface area contributed by atoms with Crippen LogP contribution in [0.3, 0.4) is 0 Å². The summed E-state index contributed by atoms with van der Waals surface area (Å²) in [4.78, 5) is 10.8. The average Bonchev–Trinajstić information content (AvgIpc) is 2.70. The number of esters is 1. The summed E-state index contributed by atoms with van der Waals surface area (Å²) < 4.78 is 9.93. The Balaban J connectivity index is 2.43. The van der Waals surface area contributed by atoms with E-state index in [0.717, 1.165) is 16.5 Å². The summed E-state index contributed by atoms with van der Waals surface area (Å²) in [6.07, 6.45) is 0. The molecule has 0 unspecified atom stereocenters. The Morgan fingerprint density at radius 2 is 2.25 bits per heavy atom. The van der Waals surface area contributed by atoms with E-state index in [4.69, 9.17) is 4.42 Å². The van der Waals surface area contributed by atoms with Crippen molar-refractivity contribution in [3.63, 3.8) is 0 Å². The first-order valence-electron chi connectivity index (χ1n) is 4.80. The van der Waals surface area contributed by atoms with E-state index in [1.807, 2.05) is 25.1 Å². The molecule has 2 rings (SSSR count). The van der Waals surface area contributed by atoms with Crippen LogP contribution in [0, 0.1) is 18.8 Å². The van der Waals surface area contributed by atoms with Crippen LogP contribution in [-0.2, 0) is 9.53 Å². The Bertz CT molecular complexity index is 596. The molecule has 0 bridgehead atoms. The fourth-order valence-electron chi connectivity index (χ4n) is 1.43. The number of para-hydroxylation sites is 1.